The third kappa shape index (κ3) is 1.48. The van der Waals surface area contributed by atoms with E-state index in [1.165, 1.54) is 6.33 Å². The lowest BCUT2D eigenvalue weighted by Crippen LogP contribution is -2.26. The molecule has 0 saturated heterocycles. The molecular formula is C11H13N5O2. The number of imidazole rings is 1. The topological polar surface area (TPSA) is 110 Å². The van der Waals surface area contributed by atoms with Gasteiger partial charge in [0.15, 0.2) is 11.5 Å². The molecule has 3 atom stereocenters. The lowest BCUT2D eigenvalue weighted by molar-refractivity contribution is 0.0755. The Morgan fingerprint density at radius 2 is 2.11 bits per heavy atom. The fourth-order valence-corrected chi connectivity index (χ4v) is 2.25. The summed E-state index contributed by atoms with van der Waals surface area (Å²) in [6.45, 7) is -0.0854. The zero-order chi connectivity index (χ0) is 12.7. The summed E-state index contributed by atoms with van der Waals surface area (Å²) in [7, 11) is 0. The van der Waals surface area contributed by atoms with Gasteiger partial charge >= 0.3 is 0 Å². The van der Waals surface area contributed by atoms with Gasteiger partial charge in [0.05, 0.1) is 25.1 Å². The molecule has 2 aromatic rings. The highest BCUT2D eigenvalue weighted by molar-refractivity contribution is 5.81. The lowest BCUT2D eigenvalue weighted by atomic mass is 10.1. The molecule has 0 fully saturated rings. The van der Waals surface area contributed by atoms with Crippen LogP contribution in [-0.4, -0.2) is 42.4 Å². The van der Waals surface area contributed by atoms with Gasteiger partial charge in [-0.1, -0.05) is 12.2 Å². The molecule has 0 amide bonds. The Kier molecular flexibility index (Phi) is 2.49. The number of nitrogen functional groups attached to an aromatic ring is 1. The third-order valence-electron chi connectivity index (χ3n) is 3.26. The molecule has 7 nitrogen and oxygen atoms in total. The second-order valence-electron chi connectivity index (χ2n) is 4.30. The number of fused-ring (bicyclic) bond motifs is 1. The summed E-state index contributed by atoms with van der Waals surface area (Å²) in [5.74, 6) is 0.0561. The summed E-state index contributed by atoms with van der Waals surface area (Å²) in [5.41, 5.74) is 6.81. The number of aromatic nitrogens is 4. The summed E-state index contributed by atoms with van der Waals surface area (Å²) in [4.78, 5) is 12.2. The molecule has 0 saturated carbocycles. The van der Waals surface area contributed by atoms with Crippen LogP contribution >= 0.6 is 0 Å². The molecule has 7 heteroatoms. The number of rotatable bonds is 2. The van der Waals surface area contributed by atoms with Crippen molar-refractivity contribution in [1.82, 2.24) is 19.5 Å². The largest absolute Gasteiger partial charge is 0.396 e. The van der Waals surface area contributed by atoms with E-state index >= 15 is 0 Å². The number of hydrogen-bond acceptors (Lipinski definition) is 6. The van der Waals surface area contributed by atoms with Crippen molar-refractivity contribution in [3.8, 4) is 0 Å². The average molecular weight is 247 g/mol. The number of aliphatic hydroxyl groups excluding tert-OH is 2. The van der Waals surface area contributed by atoms with E-state index < -0.39 is 6.10 Å². The van der Waals surface area contributed by atoms with E-state index in [1.54, 1.807) is 17.0 Å². The zero-order valence-corrected chi connectivity index (χ0v) is 9.51. The Balaban J connectivity index is 2.06. The molecule has 4 N–H and O–H groups in total. The Morgan fingerprint density at radius 1 is 1.28 bits per heavy atom. The van der Waals surface area contributed by atoms with E-state index in [0.29, 0.717) is 17.0 Å². The molecule has 2 heterocycles. The van der Waals surface area contributed by atoms with Gasteiger partial charge < -0.3 is 20.5 Å². The van der Waals surface area contributed by atoms with Gasteiger partial charge in [0.25, 0.3) is 0 Å². The number of nitrogens with two attached hydrogens (primary N) is 1. The van der Waals surface area contributed by atoms with Crippen LogP contribution in [0, 0.1) is 5.92 Å². The van der Waals surface area contributed by atoms with E-state index in [2.05, 4.69) is 15.0 Å². The second kappa shape index (κ2) is 4.04. The Bertz CT molecular complexity index is 608. The molecule has 0 unspecified atom stereocenters. The molecule has 0 aromatic carbocycles. The first-order valence-electron chi connectivity index (χ1n) is 5.62. The first-order chi connectivity index (χ1) is 8.72. The fraction of sp³-hybridized carbons (Fsp3) is 0.364. The van der Waals surface area contributed by atoms with E-state index in [1.807, 2.05) is 6.08 Å². The standard InChI is InChI=1S/C11H13N5O2/c12-10-8-11(14-4-13-10)16(5-15-8)7-2-1-6(3-17)9(7)18/h1-2,4-7,9,17-18H,3H2,(H2,12,13,14)/t6-,7-,9-/m1/s1. The third-order valence-corrected chi connectivity index (χ3v) is 3.26. The summed E-state index contributed by atoms with van der Waals surface area (Å²) < 4.78 is 1.74. The van der Waals surface area contributed by atoms with Crippen molar-refractivity contribution in [3.05, 3.63) is 24.8 Å². The molecule has 0 radical (unpaired) electrons. The van der Waals surface area contributed by atoms with Crippen LogP contribution in [0.2, 0.25) is 0 Å². The monoisotopic (exact) mass is 247 g/mol. The van der Waals surface area contributed by atoms with Crippen LogP contribution in [-0.2, 0) is 0 Å². The predicted octanol–water partition coefficient (Wildman–Crippen LogP) is -0.511. The SMILES string of the molecule is Nc1ncnc2c1ncn2[C@@H]1C=C[C@H](CO)[C@H]1O. The normalized spacial score (nSPS) is 27.1. The quantitative estimate of drug-likeness (QED) is 0.616. The number of aliphatic hydroxyl groups is 2. The highest BCUT2D eigenvalue weighted by Gasteiger charge is 2.31. The van der Waals surface area contributed by atoms with E-state index in [0.717, 1.165) is 0 Å². The smallest absolute Gasteiger partial charge is 0.166 e. The first-order valence-corrected chi connectivity index (χ1v) is 5.62. The van der Waals surface area contributed by atoms with Crippen molar-refractivity contribution in [2.45, 2.75) is 12.1 Å². The van der Waals surface area contributed by atoms with Crippen LogP contribution in [0.25, 0.3) is 11.2 Å². The van der Waals surface area contributed by atoms with Crippen molar-refractivity contribution in [3.63, 3.8) is 0 Å². The van der Waals surface area contributed by atoms with Crippen molar-refractivity contribution in [1.29, 1.82) is 0 Å². The highest BCUT2D eigenvalue weighted by atomic mass is 16.3. The van der Waals surface area contributed by atoms with Gasteiger partial charge in [-0.3, -0.25) is 0 Å². The molecular weight excluding hydrogens is 234 g/mol. The Morgan fingerprint density at radius 3 is 2.83 bits per heavy atom. The predicted molar refractivity (Wildman–Crippen MR) is 64.5 cm³/mol. The van der Waals surface area contributed by atoms with E-state index in [9.17, 15) is 5.11 Å². The summed E-state index contributed by atoms with van der Waals surface area (Å²) in [6.07, 6.45) is 5.89. The average Bonchev–Trinajstić information content (AvgIpc) is 2.93. The van der Waals surface area contributed by atoms with Gasteiger partial charge in [-0.05, 0) is 0 Å². The van der Waals surface area contributed by atoms with Crippen LogP contribution in [0.15, 0.2) is 24.8 Å². The van der Waals surface area contributed by atoms with Crippen molar-refractivity contribution in [2.24, 2.45) is 5.92 Å². The zero-order valence-electron chi connectivity index (χ0n) is 9.51. The maximum atomic E-state index is 10.1. The number of anilines is 1. The maximum Gasteiger partial charge on any atom is 0.166 e. The van der Waals surface area contributed by atoms with Gasteiger partial charge in [0.1, 0.15) is 11.8 Å². The van der Waals surface area contributed by atoms with Crippen molar-refractivity contribution < 1.29 is 10.2 Å². The molecule has 18 heavy (non-hydrogen) atoms. The summed E-state index contributed by atoms with van der Waals surface area (Å²) in [5, 5.41) is 19.2. The van der Waals surface area contributed by atoms with E-state index in [4.69, 9.17) is 10.8 Å². The fourth-order valence-electron chi connectivity index (χ4n) is 2.25. The summed E-state index contributed by atoms with van der Waals surface area (Å²) in [6, 6.07) is -0.290. The van der Waals surface area contributed by atoms with Gasteiger partial charge in [-0.25, -0.2) is 15.0 Å². The maximum absolute atomic E-state index is 10.1. The minimum Gasteiger partial charge on any atom is -0.396 e. The summed E-state index contributed by atoms with van der Waals surface area (Å²) >= 11 is 0. The number of nitrogens with zero attached hydrogens (tertiary/aromatic N) is 4. The number of hydrogen-bond donors (Lipinski definition) is 3. The molecule has 0 bridgehead atoms. The van der Waals surface area contributed by atoms with Crippen LogP contribution in [0.1, 0.15) is 6.04 Å². The molecule has 0 spiro atoms. The molecule has 1 aliphatic rings. The van der Waals surface area contributed by atoms with Crippen LogP contribution in [0.4, 0.5) is 5.82 Å². The molecule has 94 valence electrons. The van der Waals surface area contributed by atoms with Crippen molar-refractivity contribution >= 4 is 17.0 Å². The highest BCUT2D eigenvalue weighted by Crippen LogP contribution is 2.30. The first kappa shape index (κ1) is 11.1. The van der Waals surface area contributed by atoms with Crippen LogP contribution in [0.3, 0.4) is 0 Å². The van der Waals surface area contributed by atoms with Gasteiger partial charge in [-0.15, -0.1) is 0 Å². The lowest BCUT2D eigenvalue weighted by Gasteiger charge is -2.19. The van der Waals surface area contributed by atoms with Gasteiger partial charge in [0.2, 0.25) is 0 Å². The molecule has 1 aliphatic carbocycles. The molecule has 3 rings (SSSR count). The minimum atomic E-state index is -0.691. The Hall–Kier alpha value is -1.99. The molecule has 2 aromatic heterocycles. The van der Waals surface area contributed by atoms with Crippen LogP contribution in [0.5, 0.6) is 0 Å². The minimum absolute atomic E-state index is 0.0854. The Labute approximate surface area is 103 Å². The second-order valence-corrected chi connectivity index (χ2v) is 4.30. The van der Waals surface area contributed by atoms with Crippen LogP contribution < -0.4 is 5.73 Å². The van der Waals surface area contributed by atoms with Crippen molar-refractivity contribution in [2.75, 3.05) is 12.3 Å². The van der Waals surface area contributed by atoms with E-state index in [-0.39, 0.29) is 18.6 Å². The van der Waals surface area contributed by atoms with Gasteiger partial charge in [-0.2, -0.15) is 0 Å². The van der Waals surface area contributed by atoms with Gasteiger partial charge in [0, 0.05) is 5.92 Å². The molecule has 0 aliphatic heterocycles.